The number of nitrogens with zero attached hydrogens (tertiary/aromatic N) is 1. The van der Waals surface area contributed by atoms with Crippen LogP contribution in [0.2, 0.25) is 0 Å². The van der Waals surface area contributed by atoms with Gasteiger partial charge in [0, 0.05) is 6.54 Å². The maximum atomic E-state index is 4.24. The summed E-state index contributed by atoms with van der Waals surface area (Å²) in [7, 11) is 0. The van der Waals surface area contributed by atoms with E-state index in [0.717, 1.165) is 23.4 Å². The molecule has 0 bridgehead atoms. The van der Waals surface area contributed by atoms with Crippen LogP contribution in [0.25, 0.3) is 0 Å². The summed E-state index contributed by atoms with van der Waals surface area (Å²) in [4.78, 5) is 4.24. The van der Waals surface area contributed by atoms with Crippen LogP contribution in [0.15, 0.2) is 35.0 Å². The molecule has 0 amide bonds. The van der Waals surface area contributed by atoms with E-state index < -0.39 is 0 Å². The van der Waals surface area contributed by atoms with E-state index in [4.69, 9.17) is 0 Å². The van der Waals surface area contributed by atoms with E-state index in [0.29, 0.717) is 0 Å². The second-order valence-electron chi connectivity index (χ2n) is 2.80. The van der Waals surface area contributed by atoms with Gasteiger partial charge >= 0.3 is 0 Å². The van der Waals surface area contributed by atoms with Crippen molar-refractivity contribution in [3.8, 4) is 0 Å². The maximum absolute atomic E-state index is 4.24. The van der Waals surface area contributed by atoms with Crippen molar-refractivity contribution in [3.05, 3.63) is 35.0 Å². The second-order valence-corrected chi connectivity index (χ2v) is 3.62. The Morgan fingerprint density at radius 2 is 2.38 bits per heavy atom. The van der Waals surface area contributed by atoms with Gasteiger partial charge in [-0.25, -0.2) is 4.98 Å². The van der Waals surface area contributed by atoms with E-state index in [1.54, 1.807) is 0 Å². The molecule has 13 heavy (non-hydrogen) atoms. The molecule has 0 aromatic carbocycles. The van der Waals surface area contributed by atoms with Crippen LogP contribution in [-0.2, 0) is 0 Å². The van der Waals surface area contributed by atoms with Gasteiger partial charge in [0.25, 0.3) is 0 Å². The number of aromatic nitrogens is 1. The third-order valence-electron chi connectivity index (χ3n) is 1.73. The molecule has 0 aliphatic heterocycles. The number of nitrogens with one attached hydrogen (secondary N) is 1. The highest BCUT2D eigenvalue weighted by Gasteiger charge is 1.94. The van der Waals surface area contributed by atoms with Gasteiger partial charge in [-0.15, -0.1) is 0 Å². The smallest absolute Gasteiger partial charge is 0.127 e. The molecule has 3 heteroatoms. The van der Waals surface area contributed by atoms with Crippen LogP contribution < -0.4 is 5.32 Å². The van der Waals surface area contributed by atoms with Gasteiger partial charge in [-0.2, -0.15) is 0 Å². The van der Waals surface area contributed by atoms with Crippen LogP contribution in [0, 0.1) is 0 Å². The minimum atomic E-state index is 0.792. The summed E-state index contributed by atoms with van der Waals surface area (Å²) in [5.41, 5.74) is 1.18. The van der Waals surface area contributed by atoms with Crippen LogP contribution in [-0.4, -0.2) is 11.5 Å². The fourth-order valence-electron chi connectivity index (χ4n) is 0.847. The Kier molecular flexibility index (Phi) is 3.96. The van der Waals surface area contributed by atoms with Crippen molar-refractivity contribution in [3.63, 3.8) is 0 Å². The van der Waals surface area contributed by atoms with Crippen LogP contribution >= 0.6 is 15.9 Å². The van der Waals surface area contributed by atoms with E-state index in [1.807, 2.05) is 18.2 Å². The Labute approximate surface area is 87.2 Å². The molecule has 70 valence electrons. The molecule has 0 unspecified atom stereocenters. The molecule has 0 atom stereocenters. The number of hydrogen-bond donors (Lipinski definition) is 1. The van der Waals surface area contributed by atoms with Crippen LogP contribution in [0.3, 0.4) is 0 Å². The quantitative estimate of drug-likeness (QED) is 0.646. The number of anilines is 1. The zero-order valence-corrected chi connectivity index (χ0v) is 9.26. The second kappa shape index (κ2) is 5.02. The number of rotatable bonds is 4. The van der Waals surface area contributed by atoms with Gasteiger partial charge in [0.1, 0.15) is 10.4 Å². The summed E-state index contributed by atoms with van der Waals surface area (Å²) in [5.74, 6) is 0.879. The van der Waals surface area contributed by atoms with E-state index in [2.05, 4.69) is 39.7 Å². The highest BCUT2D eigenvalue weighted by Crippen LogP contribution is 2.10. The van der Waals surface area contributed by atoms with Gasteiger partial charge in [-0.3, -0.25) is 0 Å². The first-order valence-electron chi connectivity index (χ1n) is 4.25. The zero-order valence-electron chi connectivity index (χ0n) is 7.68. The summed E-state index contributed by atoms with van der Waals surface area (Å²) >= 11 is 3.31. The fourth-order valence-corrected chi connectivity index (χ4v) is 1.19. The summed E-state index contributed by atoms with van der Waals surface area (Å²) < 4.78 is 0.847. The van der Waals surface area contributed by atoms with Crippen molar-refractivity contribution >= 4 is 21.7 Å². The Morgan fingerprint density at radius 3 is 3.00 bits per heavy atom. The minimum absolute atomic E-state index is 0.792. The molecule has 0 saturated heterocycles. The van der Waals surface area contributed by atoms with Crippen molar-refractivity contribution in [1.82, 2.24) is 4.98 Å². The largest absolute Gasteiger partial charge is 0.366 e. The first-order valence-corrected chi connectivity index (χ1v) is 5.04. The molecule has 2 nitrogen and oxygen atoms in total. The van der Waals surface area contributed by atoms with Crippen molar-refractivity contribution in [2.75, 3.05) is 11.9 Å². The van der Waals surface area contributed by atoms with Gasteiger partial charge < -0.3 is 5.32 Å². The SMILES string of the molecule is C=C(CC)CNc1cccc(Br)n1. The standard InChI is InChI=1S/C10H13BrN2/c1-3-8(2)7-12-10-6-4-5-9(11)13-10/h4-6H,2-3,7H2,1H3,(H,12,13). The van der Waals surface area contributed by atoms with Gasteiger partial charge in [-0.1, -0.05) is 25.1 Å². The van der Waals surface area contributed by atoms with Crippen LogP contribution in [0.1, 0.15) is 13.3 Å². The molecule has 1 heterocycles. The summed E-state index contributed by atoms with van der Waals surface area (Å²) in [6.45, 7) is 6.80. The molecule has 1 aromatic rings. The minimum Gasteiger partial charge on any atom is -0.366 e. The molecule has 0 saturated carbocycles. The molecule has 1 rings (SSSR count). The third kappa shape index (κ3) is 3.59. The fraction of sp³-hybridized carbons (Fsp3) is 0.300. The lowest BCUT2D eigenvalue weighted by molar-refractivity contribution is 1.04. The van der Waals surface area contributed by atoms with Gasteiger partial charge in [0.2, 0.25) is 0 Å². The van der Waals surface area contributed by atoms with Gasteiger partial charge in [-0.05, 0) is 34.5 Å². The van der Waals surface area contributed by atoms with Crippen molar-refractivity contribution in [2.24, 2.45) is 0 Å². The zero-order chi connectivity index (χ0) is 9.68. The predicted molar refractivity (Wildman–Crippen MR) is 59.9 cm³/mol. The summed E-state index contributed by atoms with van der Waals surface area (Å²) in [5, 5.41) is 3.20. The molecule has 0 aliphatic rings. The van der Waals surface area contributed by atoms with Crippen molar-refractivity contribution in [1.29, 1.82) is 0 Å². The Balaban J connectivity index is 2.50. The van der Waals surface area contributed by atoms with E-state index in [9.17, 15) is 0 Å². The Bertz CT molecular complexity index is 297. The van der Waals surface area contributed by atoms with Crippen molar-refractivity contribution in [2.45, 2.75) is 13.3 Å². The van der Waals surface area contributed by atoms with Gasteiger partial charge in [0.05, 0.1) is 0 Å². The average molecular weight is 241 g/mol. The van der Waals surface area contributed by atoms with Crippen LogP contribution in [0.4, 0.5) is 5.82 Å². The van der Waals surface area contributed by atoms with E-state index in [-0.39, 0.29) is 0 Å². The third-order valence-corrected chi connectivity index (χ3v) is 2.18. The molecule has 0 fully saturated rings. The number of pyridine rings is 1. The summed E-state index contributed by atoms with van der Waals surface area (Å²) in [6, 6.07) is 5.79. The lowest BCUT2D eigenvalue weighted by Gasteiger charge is -2.06. The predicted octanol–water partition coefficient (Wildman–Crippen LogP) is 3.22. The highest BCUT2D eigenvalue weighted by molar-refractivity contribution is 9.10. The van der Waals surface area contributed by atoms with E-state index in [1.165, 1.54) is 5.57 Å². The first kappa shape index (κ1) is 10.3. The molecular formula is C10H13BrN2. The van der Waals surface area contributed by atoms with Crippen LogP contribution in [0.5, 0.6) is 0 Å². The normalized spacial score (nSPS) is 9.69. The Hall–Kier alpha value is -0.830. The van der Waals surface area contributed by atoms with Gasteiger partial charge in [0.15, 0.2) is 0 Å². The Morgan fingerprint density at radius 1 is 1.62 bits per heavy atom. The number of halogens is 1. The molecule has 1 aromatic heterocycles. The lowest BCUT2D eigenvalue weighted by atomic mass is 10.2. The number of hydrogen-bond acceptors (Lipinski definition) is 2. The lowest BCUT2D eigenvalue weighted by Crippen LogP contribution is -2.04. The topological polar surface area (TPSA) is 24.9 Å². The first-order chi connectivity index (χ1) is 6.22. The van der Waals surface area contributed by atoms with E-state index >= 15 is 0 Å². The monoisotopic (exact) mass is 240 g/mol. The highest BCUT2D eigenvalue weighted by atomic mass is 79.9. The molecule has 0 radical (unpaired) electrons. The molecular weight excluding hydrogens is 228 g/mol. The molecule has 0 spiro atoms. The maximum Gasteiger partial charge on any atom is 0.127 e. The van der Waals surface area contributed by atoms with Crippen molar-refractivity contribution < 1.29 is 0 Å². The average Bonchev–Trinajstić information content (AvgIpc) is 2.14. The molecule has 1 N–H and O–H groups in total. The summed E-state index contributed by atoms with van der Waals surface area (Å²) in [6.07, 6.45) is 1.00. The molecule has 0 aliphatic carbocycles.